The molecule has 0 bridgehead atoms. The largest absolute Gasteiger partial charge is 0.472 e. The standard InChI is InChI=1S/C66H128O17P2/c1-6-9-12-15-17-18-19-20-21-22-26-29-32-36-40-45-50-64(69)77-56-62(83-66(71)52-47-42-37-33-30-27-24-23-25-28-31-35-39-43-48-59(4)5)58-81-85(74,75)79-54-60(67)53-78-84(72,73)80-57-61(55-76-63(68)49-44-38-14-11-8-3)82-65(70)51-46-41-34-16-13-10-7-2/h59-62,67H,6-58H2,1-5H3,(H,72,73)(H,74,75)/t60-,61+,62+/m0/s1. The first-order chi connectivity index (χ1) is 41.0. The van der Waals surface area contributed by atoms with E-state index in [2.05, 4.69) is 34.6 Å². The number of aliphatic hydroxyl groups is 1. The van der Waals surface area contributed by atoms with E-state index in [1.807, 2.05) is 0 Å². The van der Waals surface area contributed by atoms with Crippen LogP contribution in [-0.2, 0) is 65.4 Å². The second-order valence-corrected chi connectivity index (χ2v) is 27.2. The van der Waals surface area contributed by atoms with Crippen molar-refractivity contribution in [1.82, 2.24) is 0 Å². The molecule has 0 heterocycles. The highest BCUT2D eigenvalue weighted by atomic mass is 31.2. The summed E-state index contributed by atoms with van der Waals surface area (Å²) in [6, 6.07) is 0. The van der Waals surface area contributed by atoms with E-state index in [1.165, 1.54) is 141 Å². The van der Waals surface area contributed by atoms with Crippen molar-refractivity contribution in [3.63, 3.8) is 0 Å². The van der Waals surface area contributed by atoms with Crippen LogP contribution >= 0.6 is 15.6 Å². The van der Waals surface area contributed by atoms with E-state index in [1.54, 1.807) is 0 Å². The summed E-state index contributed by atoms with van der Waals surface area (Å²) in [6.07, 6.45) is 45.0. The molecule has 2 unspecified atom stereocenters. The highest BCUT2D eigenvalue weighted by Gasteiger charge is 2.30. The number of phosphoric ester groups is 2. The summed E-state index contributed by atoms with van der Waals surface area (Å²) < 4.78 is 67.8. The Labute approximate surface area is 517 Å². The Morgan fingerprint density at radius 1 is 0.318 bits per heavy atom. The molecule has 0 rings (SSSR count). The summed E-state index contributed by atoms with van der Waals surface area (Å²) in [5, 5.41) is 10.5. The van der Waals surface area contributed by atoms with Crippen molar-refractivity contribution in [2.24, 2.45) is 5.92 Å². The summed E-state index contributed by atoms with van der Waals surface area (Å²) >= 11 is 0. The van der Waals surface area contributed by atoms with Gasteiger partial charge in [-0.2, -0.15) is 0 Å². The molecule has 0 aliphatic carbocycles. The fourth-order valence-electron chi connectivity index (χ4n) is 9.94. The zero-order valence-electron chi connectivity index (χ0n) is 54.7. The average molecular weight is 1260 g/mol. The van der Waals surface area contributed by atoms with Gasteiger partial charge in [0, 0.05) is 25.7 Å². The molecule has 0 spiro atoms. The van der Waals surface area contributed by atoms with Gasteiger partial charge in [-0.25, -0.2) is 9.13 Å². The lowest BCUT2D eigenvalue weighted by atomic mass is 10.0. The van der Waals surface area contributed by atoms with Crippen LogP contribution in [0.2, 0.25) is 0 Å². The monoisotopic (exact) mass is 1250 g/mol. The van der Waals surface area contributed by atoms with Gasteiger partial charge in [0.25, 0.3) is 0 Å². The second kappa shape index (κ2) is 59.7. The van der Waals surface area contributed by atoms with Crippen LogP contribution in [-0.4, -0.2) is 96.7 Å². The quantitative estimate of drug-likeness (QED) is 0.0222. The van der Waals surface area contributed by atoms with Crippen LogP contribution in [0.25, 0.3) is 0 Å². The first kappa shape index (κ1) is 83.1. The third kappa shape index (κ3) is 60.7. The fraction of sp³-hybridized carbons (Fsp3) is 0.939. The van der Waals surface area contributed by atoms with Gasteiger partial charge in [0.2, 0.25) is 0 Å². The number of phosphoric acid groups is 2. The van der Waals surface area contributed by atoms with Gasteiger partial charge in [-0.3, -0.25) is 37.3 Å². The van der Waals surface area contributed by atoms with Crippen molar-refractivity contribution < 1.29 is 80.2 Å². The second-order valence-electron chi connectivity index (χ2n) is 24.3. The molecular weight excluding hydrogens is 1130 g/mol. The first-order valence-electron chi connectivity index (χ1n) is 34.6. The van der Waals surface area contributed by atoms with Crippen LogP contribution in [0.15, 0.2) is 0 Å². The fourth-order valence-corrected chi connectivity index (χ4v) is 11.5. The molecule has 504 valence electrons. The topological polar surface area (TPSA) is 237 Å². The normalized spacial score (nSPS) is 14.2. The Balaban J connectivity index is 5.12. The average Bonchev–Trinajstić information content (AvgIpc) is 3.58. The minimum atomic E-state index is -4.94. The Kier molecular flexibility index (Phi) is 58.3. The van der Waals surface area contributed by atoms with Crippen LogP contribution in [0.4, 0.5) is 0 Å². The predicted molar refractivity (Wildman–Crippen MR) is 340 cm³/mol. The molecule has 0 amide bonds. The maximum atomic E-state index is 13.0. The number of ether oxygens (including phenoxy) is 4. The minimum Gasteiger partial charge on any atom is -0.462 e. The van der Waals surface area contributed by atoms with Crippen LogP contribution in [0.5, 0.6) is 0 Å². The molecule has 0 saturated carbocycles. The van der Waals surface area contributed by atoms with Gasteiger partial charge in [0.15, 0.2) is 12.2 Å². The van der Waals surface area contributed by atoms with Crippen molar-refractivity contribution in [2.45, 2.75) is 355 Å². The molecular formula is C66H128O17P2. The number of rotatable bonds is 66. The molecule has 17 nitrogen and oxygen atoms in total. The van der Waals surface area contributed by atoms with Crippen LogP contribution < -0.4 is 0 Å². The van der Waals surface area contributed by atoms with Gasteiger partial charge >= 0.3 is 39.5 Å². The van der Waals surface area contributed by atoms with Crippen LogP contribution in [0, 0.1) is 5.92 Å². The summed E-state index contributed by atoms with van der Waals surface area (Å²) in [7, 11) is -9.87. The minimum absolute atomic E-state index is 0.103. The van der Waals surface area contributed by atoms with E-state index in [-0.39, 0.29) is 25.7 Å². The van der Waals surface area contributed by atoms with Crippen molar-refractivity contribution in [1.29, 1.82) is 0 Å². The molecule has 0 saturated heterocycles. The number of aliphatic hydroxyl groups excluding tert-OH is 1. The van der Waals surface area contributed by atoms with Gasteiger partial charge in [0.05, 0.1) is 26.4 Å². The molecule has 0 aliphatic rings. The maximum absolute atomic E-state index is 13.0. The molecule has 3 N–H and O–H groups in total. The molecule has 0 aromatic heterocycles. The highest BCUT2D eigenvalue weighted by molar-refractivity contribution is 7.47. The smallest absolute Gasteiger partial charge is 0.462 e. The summed E-state index contributed by atoms with van der Waals surface area (Å²) in [6.45, 7) is 7.11. The van der Waals surface area contributed by atoms with Crippen molar-refractivity contribution >= 4 is 39.5 Å². The molecule has 0 aliphatic heterocycles. The summed E-state index contributed by atoms with van der Waals surface area (Å²) in [5.74, 6) is -1.35. The molecule has 0 aromatic carbocycles. The van der Waals surface area contributed by atoms with Gasteiger partial charge in [-0.1, -0.05) is 285 Å². The predicted octanol–water partition coefficient (Wildman–Crippen LogP) is 18.6. The Morgan fingerprint density at radius 3 is 0.800 bits per heavy atom. The lowest BCUT2D eigenvalue weighted by Gasteiger charge is -2.21. The van der Waals surface area contributed by atoms with E-state index in [4.69, 9.17) is 37.0 Å². The highest BCUT2D eigenvalue weighted by Crippen LogP contribution is 2.45. The SMILES string of the molecule is CCCCCCCCCCCCCCCCCCC(=O)OC[C@H](COP(=O)(O)OC[C@@H](O)COP(=O)(O)OC[C@@H](COC(=O)CCCCCCC)OC(=O)CCCCCCCCC)OC(=O)CCCCCCCCCCCCCCCCC(C)C. The van der Waals surface area contributed by atoms with Gasteiger partial charge in [0.1, 0.15) is 19.3 Å². The zero-order chi connectivity index (χ0) is 62.8. The van der Waals surface area contributed by atoms with E-state index >= 15 is 0 Å². The van der Waals surface area contributed by atoms with Crippen LogP contribution in [0.1, 0.15) is 336 Å². The Morgan fingerprint density at radius 2 is 0.541 bits per heavy atom. The molecule has 0 fully saturated rings. The van der Waals surface area contributed by atoms with E-state index in [9.17, 15) is 43.2 Å². The van der Waals surface area contributed by atoms with Gasteiger partial charge in [-0.05, 0) is 31.6 Å². The number of hydrogen-bond acceptors (Lipinski definition) is 15. The number of carbonyl (C=O) groups is 4. The summed E-state index contributed by atoms with van der Waals surface area (Å²) in [4.78, 5) is 71.9. The lowest BCUT2D eigenvalue weighted by Crippen LogP contribution is -2.30. The number of carbonyl (C=O) groups excluding carboxylic acids is 4. The molecule has 5 atom stereocenters. The van der Waals surface area contributed by atoms with E-state index in [0.29, 0.717) is 25.7 Å². The third-order valence-corrected chi connectivity index (χ3v) is 17.2. The number of unbranched alkanes of at least 4 members (excludes halogenated alkanes) is 38. The molecule has 0 radical (unpaired) electrons. The van der Waals surface area contributed by atoms with Crippen molar-refractivity contribution in [2.75, 3.05) is 39.6 Å². The third-order valence-electron chi connectivity index (χ3n) is 15.3. The zero-order valence-corrected chi connectivity index (χ0v) is 56.5. The summed E-state index contributed by atoms with van der Waals surface area (Å²) in [5.41, 5.74) is 0. The number of esters is 4. The first-order valence-corrected chi connectivity index (χ1v) is 37.6. The van der Waals surface area contributed by atoms with E-state index in [0.717, 1.165) is 115 Å². The Bertz CT molecular complexity index is 1650. The van der Waals surface area contributed by atoms with Crippen molar-refractivity contribution in [3.8, 4) is 0 Å². The maximum Gasteiger partial charge on any atom is 0.472 e. The lowest BCUT2D eigenvalue weighted by molar-refractivity contribution is -0.161. The molecule has 19 heteroatoms. The van der Waals surface area contributed by atoms with Gasteiger partial charge in [-0.15, -0.1) is 0 Å². The number of hydrogen-bond donors (Lipinski definition) is 3. The molecule has 0 aromatic rings. The van der Waals surface area contributed by atoms with Crippen LogP contribution in [0.3, 0.4) is 0 Å². The van der Waals surface area contributed by atoms with E-state index < -0.39 is 97.5 Å². The Hall–Kier alpha value is -1.94. The van der Waals surface area contributed by atoms with Crippen molar-refractivity contribution in [3.05, 3.63) is 0 Å². The molecule has 85 heavy (non-hydrogen) atoms. The van der Waals surface area contributed by atoms with Gasteiger partial charge < -0.3 is 33.8 Å².